The number of nitrogens with zero attached hydrogens (tertiary/aromatic N) is 1. The molecular weight excluding hydrogens is 398 g/mol. The van der Waals surface area contributed by atoms with Gasteiger partial charge >= 0.3 is 11.9 Å². The lowest BCUT2D eigenvalue weighted by atomic mass is 10.2. The number of aromatic carboxylic acids is 2. The molecule has 150 valence electrons. The van der Waals surface area contributed by atoms with Crippen molar-refractivity contribution in [3.05, 3.63) is 74.4 Å². The van der Waals surface area contributed by atoms with Crippen LogP contribution in [0.15, 0.2) is 53.4 Å². The Labute approximate surface area is 171 Å². The summed E-state index contributed by atoms with van der Waals surface area (Å²) in [6.45, 7) is 1.53. The number of thiophene rings is 2. The summed E-state index contributed by atoms with van der Waals surface area (Å²) in [6.07, 6.45) is 3.20. The van der Waals surface area contributed by atoms with E-state index in [0.717, 1.165) is 38.2 Å². The number of carboxylic acids is 2. The van der Waals surface area contributed by atoms with Gasteiger partial charge in [0.25, 0.3) is 0 Å². The van der Waals surface area contributed by atoms with Crippen molar-refractivity contribution in [3.63, 3.8) is 0 Å². The van der Waals surface area contributed by atoms with Gasteiger partial charge in [0.1, 0.15) is 5.69 Å². The molecule has 0 saturated heterocycles. The third-order valence-electron chi connectivity index (χ3n) is 3.17. The molecule has 0 aliphatic heterocycles. The Hall–Kier alpha value is -2.59. The Morgan fingerprint density at radius 3 is 1.79 bits per heavy atom. The Balaban J connectivity index is 0.000000217. The van der Waals surface area contributed by atoms with E-state index in [2.05, 4.69) is 40.0 Å². The standard InChI is InChI=1S/C7H5NO4.2C6H9NS/c9-6(10)4-1-2-8-5(3-4)7(11)12;2*7-4-3-6-2-1-5-8-6/h1-3H,(H,9,10)(H,11,12);2*1-2,5H,3-4,7H2. The lowest BCUT2D eigenvalue weighted by Crippen LogP contribution is -2.03. The second-order valence-corrected chi connectivity index (χ2v) is 7.34. The number of carbonyl (C=O) groups is 2. The van der Waals surface area contributed by atoms with E-state index in [4.69, 9.17) is 21.7 Å². The Morgan fingerprint density at radius 2 is 1.43 bits per heavy atom. The average molecular weight is 422 g/mol. The van der Waals surface area contributed by atoms with Crippen LogP contribution >= 0.6 is 22.7 Å². The first-order chi connectivity index (χ1) is 13.5. The third kappa shape index (κ3) is 9.38. The minimum Gasteiger partial charge on any atom is -0.478 e. The van der Waals surface area contributed by atoms with E-state index in [9.17, 15) is 9.59 Å². The molecule has 0 fully saturated rings. The van der Waals surface area contributed by atoms with Crippen molar-refractivity contribution < 1.29 is 19.8 Å². The van der Waals surface area contributed by atoms with E-state index in [-0.39, 0.29) is 11.3 Å². The lowest BCUT2D eigenvalue weighted by molar-refractivity contribution is 0.0690. The quantitative estimate of drug-likeness (QED) is 0.480. The molecule has 0 spiro atoms. The van der Waals surface area contributed by atoms with Crippen molar-refractivity contribution in [2.24, 2.45) is 11.5 Å². The highest BCUT2D eigenvalue weighted by Gasteiger charge is 2.08. The first kappa shape index (κ1) is 23.4. The van der Waals surface area contributed by atoms with E-state index in [1.54, 1.807) is 22.7 Å². The van der Waals surface area contributed by atoms with Crippen molar-refractivity contribution in [2.75, 3.05) is 13.1 Å². The van der Waals surface area contributed by atoms with E-state index in [1.165, 1.54) is 15.8 Å². The molecule has 0 atom stereocenters. The summed E-state index contributed by atoms with van der Waals surface area (Å²) in [5.41, 5.74) is 10.3. The van der Waals surface area contributed by atoms with Crippen molar-refractivity contribution in [3.8, 4) is 0 Å². The Morgan fingerprint density at radius 1 is 0.893 bits per heavy atom. The molecule has 3 aromatic rings. The van der Waals surface area contributed by atoms with Gasteiger partial charge in [0.15, 0.2) is 0 Å². The number of aromatic nitrogens is 1. The summed E-state index contributed by atoms with van der Waals surface area (Å²) in [7, 11) is 0. The number of nitrogens with two attached hydrogens (primary N) is 2. The predicted octanol–water partition coefficient (Wildman–Crippen LogP) is 2.98. The summed E-state index contributed by atoms with van der Waals surface area (Å²) in [5, 5.41) is 21.1. The molecule has 9 heteroatoms. The van der Waals surface area contributed by atoms with E-state index >= 15 is 0 Å². The SMILES string of the molecule is NCCc1cccs1.NCCc1cccs1.O=C(O)c1ccnc(C(=O)O)c1. The van der Waals surface area contributed by atoms with Crippen molar-refractivity contribution >= 4 is 34.6 Å². The molecule has 28 heavy (non-hydrogen) atoms. The summed E-state index contributed by atoms with van der Waals surface area (Å²) in [4.78, 5) is 26.9. The third-order valence-corrected chi connectivity index (χ3v) is 5.04. The fourth-order valence-electron chi connectivity index (χ4n) is 1.87. The van der Waals surface area contributed by atoms with Gasteiger partial charge in [-0.2, -0.15) is 0 Å². The van der Waals surface area contributed by atoms with Gasteiger partial charge in [-0.15, -0.1) is 22.7 Å². The van der Waals surface area contributed by atoms with Crippen molar-refractivity contribution in [2.45, 2.75) is 12.8 Å². The molecular formula is C19H23N3O4S2. The van der Waals surface area contributed by atoms with Crippen LogP contribution in [0.4, 0.5) is 0 Å². The molecule has 0 bridgehead atoms. The number of carboxylic acid groups (broad SMARTS) is 2. The zero-order valence-electron chi connectivity index (χ0n) is 15.2. The highest BCUT2D eigenvalue weighted by molar-refractivity contribution is 7.10. The van der Waals surface area contributed by atoms with Gasteiger partial charge in [-0.05, 0) is 61.0 Å². The smallest absolute Gasteiger partial charge is 0.354 e. The van der Waals surface area contributed by atoms with Crippen LogP contribution in [0.25, 0.3) is 0 Å². The van der Waals surface area contributed by atoms with E-state index in [1.807, 2.05) is 0 Å². The van der Waals surface area contributed by atoms with Crippen LogP contribution in [0.1, 0.15) is 30.6 Å². The average Bonchev–Trinajstić information content (AvgIpc) is 3.38. The zero-order valence-corrected chi connectivity index (χ0v) is 16.8. The molecule has 0 aromatic carbocycles. The largest absolute Gasteiger partial charge is 0.478 e. The van der Waals surface area contributed by atoms with Crippen LogP contribution in [0, 0.1) is 0 Å². The molecule has 0 amide bonds. The minimum atomic E-state index is -1.24. The Kier molecular flexibility index (Phi) is 11.4. The molecule has 0 radical (unpaired) electrons. The van der Waals surface area contributed by atoms with Crippen LogP contribution in [0.2, 0.25) is 0 Å². The Bertz CT molecular complexity index is 756. The maximum Gasteiger partial charge on any atom is 0.354 e. The summed E-state index contributed by atoms with van der Waals surface area (Å²) >= 11 is 3.53. The fourth-order valence-corrected chi connectivity index (χ4v) is 3.32. The minimum absolute atomic E-state index is 0.0811. The van der Waals surface area contributed by atoms with Gasteiger partial charge in [0.2, 0.25) is 0 Å². The number of hydrogen-bond donors (Lipinski definition) is 4. The predicted molar refractivity (Wildman–Crippen MR) is 112 cm³/mol. The first-order valence-corrected chi connectivity index (χ1v) is 10.1. The van der Waals surface area contributed by atoms with Crippen LogP contribution in [-0.4, -0.2) is 40.2 Å². The molecule has 0 unspecified atom stereocenters. The normalized spacial score (nSPS) is 9.50. The number of hydrogen-bond acceptors (Lipinski definition) is 7. The van der Waals surface area contributed by atoms with E-state index < -0.39 is 11.9 Å². The topological polar surface area (TPSA) is 140 Å². The maximum absolute atomic E-state index is 10.4. The second kappa shape index (κ2) is 13.6. The van der Waals surface area contributed by atoms with Crippen molar-refractivity contribution in [1.29, 1.82) is 0 Å². The summed E-state index contributed by atoms with van der Waals surface area (Å²) in [5.74, 6) is -2.40. The molecule has 0 aliphatic rings. The van der Waals surface area contributed by atoms with Crippen LogP contribution in [0.3, 0.4) is 0 Å². The second-order valence-electron chi connectivity index (χ2n) is 5.28. The summed E-state index contributed by atoms with van der Waals surface area (Å²) in [6, 6.07) is 10.6. The molecule has 3 heterocycles. The fraction of sp³-hybridized carbons (Fsp3) is 0.211. The molecule has 0 aliphatic carbocycles. The van der Waals surface area contributed by atoms with Gasteiger partial charge in [-0.1, -0.05) is 12.1 Å². The monoisotopic (exact) mass is 421 g/mol. The van der Waals surface area contributed by atoms with Gasteiger partial charge < -0.3 is 21.7 Å². The van der Waals surface area contributed by atoms with Gasteiger partial charge in [-0.3, -0.25) is 0 Å². The highest BCUT2D eigenvalue weighted by atomic mass is 32.1. The molecule has 3 aromatic heterocycles. The highest BCUT2D eigenvalue weighted by Crippen LogP contribution is 2.08. The summed E-state index contributed by atoms with van der Waals surface area (Å²) < 4.78 is 0. The molecule has 3 rings (SSSR count). The molecule has 6 N–H and O–H groups in total. The van der Waals surface area contributed by atoms with Crippen LogP contribution in [0.5, 0.6) is 0 Å². The number of pyridine rings is 1. The first-order valence-electron chi connectivity index (χ1n) is 8.35. The lowest BCUT2D eigenvalue weighted by Gasteiger charge is -1.94. The van der Waals surface area contributed by atoms with E-state index in [0.29, 0.717) is 0 Å². The number of rotatable bonds is 6. The zero-order chi connectivity index (χ0) is 20.8. The maximum atomic E-state index is 10.4. The van der Waals surface area contributed by atoms with Crippen molar-refractivity contribution in [1.82, 2.24) is 4.98 Å². The van der Waals surface area contributed by atoms with Gasteiger partial charge in [-0.25, -0.2) is 14.6 Å². The molecule has 0 saturated carbocycles. The van der Waals surface area contributed by atoms with Crippen LogP contribution < -0.4 is 11.5 Å². The van der Waals surface area contributed by atoms with Crippen LogP contribution in [-0.2, 0) is 12.8 Å². The van der Waals surface area contributed by atoms with Gasteiger partial charge in [0, 0.05) is 16.0 Å². The van der Waals surface area contributed by atoms with Gasteiger partial charge in [0.05, 0.1) is 5.56 Å². The molecule has 7 nitrogen and oxygen atoms in total.